The smallest absolute Gasteiger partial charge is 0.265 e. The zero-order valence-electron chi connectivity index (χ0n) is 13.3. The van der Waals surface area contributed by atoms with Crippen molar-refractivity contribution in [2.75, 3.05) is 5.32 Å². The molecule has 0 aromatic carbocycles. The Labute approximate surface area is 134 Å². The molecule has 1 fully saturated rings. The number of aromatic nitrogens is 1. The van der Waals surface area contributed by atoms with Crippen LogP contribution < -0.4 is 10.6 Å². The van der Waals surface area contributed by atoms with Gasteiger partial charge >= 0.3 is 0 Å². The van der Waals surface area contributed by atoms with Gasteiger partial charge in [-0.05, 0) is 57.6 Å². The second kappa shape index (κ2) is 4.69. The van der Waals surface area contributed by atoms with Crippen molar-refractivity contribution < 1.29 is 4.79 Å². The molecule has 0 bridgehead atoms. The van der Waals surface area contributed by atoms with Gasteiger partial charge < -0.3 is 10.6 Å². The van der Waals surface area contributed by atoms with Crippen molar-refractivity contribution in [2.45, 2.75) is 58.5 Å². The van der Waals surface area contributed by atoms with E-state index in [2.05, 4.69) is 24.5 Å². The summed E-state index contributed by atoms with van der Waals surface area (Å²) in [5.74, 6) is 0.0633. The van der Waals surface area contributed by atoms with Gasteiger partial charge in [-0.1, -0.05) is 6.42 Å². The quantitative estimate of drug-likeness (QED) is 0.771. The predicted molar refractivity (Wildman–Crippen MR) is 90.7 cm³/mol. The zero-order valence-corrected chi connectivity index (χ0v) is 14.1. The van der Waals surface area contributed by atoms with Crippen LogP contribution in [0.15, 0.2) is 0 Å². The number of anilines is 1. The van der Waals surface area contributed by atoms with Gasteiger partial charge in [-0.25, -0.2) is 4.98 Å². The molecule has 22 heavy (non-hydrogen) atoms. The molecule has 0 atom stereocenters. The van der Waals surface area contributed by atoms with Crippen LogP contribution in [0.25, 0.3) is 10.2 Å². The highest BCUT2D eigenvalue weighted by atomic mass is 32.1. The van der Waals surface area contributed by atoms with E-state index >= 15 is 0 Å². The monoisotopic (exact) mass is 315 g/mol. The van der Waals surface area contributed by atoms with Crippen molar-refractivity contribution in [1.82, 2.24) is 10.3 Å². The summed E-state index contributed by atoms with van der Waals surface area (Å²) < 4.78 is 0. The number of carbonyl (C=O) groups excluding carboxylic acids is 1. The number of hydrogen-bond acceptors (Lipinski definition) is 4. The van der Waals surface area contributed by atoms with Gasteiger partial charge in [0.2, 0.25) is 0 Å². The highest BCUT2D eigenvalue weighted by Gasteiger charge is 2.40. The second-order valence-electron chi connectivity index (χ2n) is 6.66. The van der Waals surface area contributed by atoms with E-state index in [0.717, 1.165) is 39.3 Å². The molecule has 1 amide bonds. The van der Waals surface area contributed by atoms with Crippen LogP contribution in [0.4, 0.5) is 5.69 Å². The summed E-state index contributed by atoms with van der Waals surface area (Å²) in [6.07, 6.45) is 5.61. The molecule has 2 aromatic heterocycles. The first kappa shape index (κ1) is 14.0. The maximum absolute atomic E-state index is 12.6. The lowest BCUT2D eigenvalue weighted by Crippen LogP contribution is -2.58. The molecule has 0 radical (unpaired) electrons. The van der Waals surface area contributed by atoms with Crippen LogP contribution in [0, 0.1) is 20.8 Å². The van der Waals surface area contributed by atoms with E-state index in [4.69, 9.17) is 4.98 Å². The van der Waals surface area contributed by atoms with Crippen molar-refractivity contribution >= 4 is 33.1 Å². The fraction of sp³-hybridized carbons (Fsp3) is 0.529. The van der Waals surface area contributed by atoms with E-state index < -0.39 is 0 Å². The molecule has 3 heterocycles. The highest BCUT2D eigenvalue weighted by molar-refractivity contribution is 7.21. The number of nitrogens with zero attached hydrogens (tertiary/aromatic N) is 1. The molecule has 0 unspecified atom stereocenters. The summed E-state index contributed by atoms with van der Waals surface area (Å²) in [5, 5.41) is 8.06. The number of fused-ring (bicyclic) bond motifs is 3. The lowest BCUT2D eigenvalue weighted by molar-refractivity contribution is 0.0881. The van der Waals surface area contributed by atoms with Crippen molar-refractivity contribution in [1.29, 1.82) is 0 Å². The molecule has 5 heteroatoms. The van der Waals surface area contributed by atoms with Gasteiger partial charge in [0.05, 0.1) is 5.69 Å². The summed E-state index contributed by atoms with van der Waals surface area (Å²) in [5.41, 5.74) is 4.28. The Bertz CT molecular complexity index is 787. The third kappa shape index (κ3) is 1.88. The molecule has 1 aliphatic heterocycles. The molecule has 1 spiro atoms. The van der Waals surface area contributed by atoms with E-state index in [-0.39, 0.29) is 11.6 Å². The lowest BCUT2D eigenvalue weighted by atomic mass is 9.87. The average Bonchev–Trinajstić information content (AvgIpc) is 2.84. The molecule has 2 N–H and O–H groups in total. The van der Waals surface area contributed by atoms with Crippen molar-refractivity contribution in [2.24, 2.45) is 0 Å². The Morgan fingerprint density at radius 1 is 1.05 bits per heavy atom. The van der Waals surface area contributed by atoms with Crippen molar-refractivity contribution in [3.63, 3.8) is 0 Å². The van der Waals surface area contributed by atoms with E-state index in [9.17, 15) is 4.79 Å². The number of thiophene rings is 1. The Morgan fingerprint density at radius 3 is 2.50 bits per heavy atom. The zero-order chi connectivity index (χ0) is 15.5. The molecule has 2 aromatic rings. The first-order valence-electron chi connectivity index (χ1n) is 8.02. The van der Waals surface area contributed by atoms with Crippen LogP contribution in [0.5, 0.6) is 0 Å². The lowest BCUT2D eigenvalue weighted by Gasteiger charge is -2.42. The van der Waals surface area contributed by atoms with Crippen LogP contribution in [0.1, 0.15) is 58.6 Å². The Kier molecular flexibility index (Phi) is 2.98. The Balaban J connectivity index is 1.93. The minimum atomic E-state index is -0.248. The van der Waals surface area contributed by atoms with Gasteiger partial charge in [0, 0.05) is 11.1 Å². The second-order valence-corrected chi connectivity index (χ2v) is 7.65. The topological polar surface area (TPSA) is 54.0 Å². The summed E-state index contributed by atoms with van der Waals surface area (Å²) in [4.78, 5) is 19.1. The molecule has 1 saturated carbocycles. The van der Waals surface area contributed by atoms with E-state index in [0.29, 0.717) is 0 Å². The fourth-order valence-corrected chi connectivity index (χ4v) is 4.90. The van der Waals surface area contributed by atoms with Crippen LogP contribution in [0.2, 0.25) is 0 Å². The number of nitrogens with one attached hydrogen (secondary N) is 2. The molecular weight excluding hydrogens is 294 g/mol. The largest absolute Gasteiger partial charge is 0.361 e. The predicted octanol–water partition coefficient (Wildman–Crippen LogP) is 4.04. The van der Waals surface area contributed by atoms with Crippen LogP contribution >= 0.6 is 11.3 Å². The van der Waals surface area contributed by atoms with Gasteiger partial charge in [0.1, 0.15) is 15.4 Å². The Morgan fingerprint density at radius 2 is 1.77 bits per heavy atom. The summed E-state index contributed by atoms with van der Waals surface area (Å²) in [6.45, 7) is 6.29. The van der Waals surface area contributed by atoms with E-state index in [1.54, 1.807) is 0 Å². The highest BCUT2D eigenvalue weighted by Crippen LogP contribution is 2.44. The molecular formula is C17H21N3OS. The van der Waals surface area contributed by atoms with Crippen molar-refractivity contribution in [3.05, 3.63) is 21.7 Å². The number of amides is 1. The third-order valence-corrected chi connectivity index (χ3v) is 6.35. The number of carbonyl (C=O) groups is 1. The normalized spacial score (nSPS) is 19.9. The van der Waals surface area contributed by atoms with Crippen LogP contribution in [0.3, 0.4) is 0 Å². The van der Waals surface area contributed by atoms with Crippen LogP contribution in [-0.2, 0) is 0 Å². The minimum Gasteiger partial charge on any atom is -0.361 e. The third-order valence-electron chi connectivity index (χ3n) is 5.27. The molecule has 4 rings (SSSR count). The maximum Gasteiger partial charge on any atom is 0.265 e. The average molecular weight is 315 g/mol. The van der Waals surface area contributed by atoms with Gasteiger partial charge in [-0.3, -0.25) is 4.79 Å². The van der Waals surface area contributed by atoms with Gasteiger partial charge in [-0.2, -0.15) is 0 Å². The van der Waals surface area contributed by atoms with E-state index in [1.807, 2.05) is 6.92 Å². The first-order valence-corrected chi connectivity index (χ1v) is 8.83. The minimum absolute atomic E-state index is 0.0633. The molecule has 0 saturated heterocycles. The van der Waals surface area contributed by atoms with Crippen molar-refractivity contribution in [3.8, 4) is 0 Å². The van der Waals surface area contributed by atoms with Gasteiger partial charge in [-0.15, -0.1) is 11.3 Å². The fourth-order valence-electron chi connectivity index (χ4n) is 3.77. The standard InChI is InChI=1S/C17H21N3OS/c1-9-10(2)12-13-14(22-16(12)18-11(9)3)15(21)20-17(19-13)7-5-4-6-8-17/h19H,4-8H2,1-3H3,(H,20,21). The van der Waals surface area contributed by atoms with E-state index in [1.165, 1.54) is 41.7 Å². The first-order chi connectivity index (χ1) is 10.5. The Hall–Kier alpha value is -1.62. The molecule has 1 aliphatic carbocycles. The van der Waals surface area contributed by atoms with Gasteiger partial charge in [0.15, 0.2) is 0 Å². The van der Waals surface area contributed by atoms with Crippen LogP contribution in [-0.4, -0.2) is 16.6 Å². The molecule has 116 valence electrons. The van der Waals surface area contributed by atoms with Gasteiger partial charge in [0.25, 0.3) is 5.91 Å². The molecule has 2 aliphatic rings. The number of pyridine rings is 1. The summed E-state index contributed by atoms with van der Waals surface area (Å²) in [7, 11) is 0. The SMILES string of the molecule is Cc1nc2sc3c(c2c(C)c1C)NC1(CCCCC1)NC3=O. The number of aryl methyl sites for hydroxylation is 2. The number of hydrogen-bond donors (Lipinski definition) is 2. The number of rotatable bonds is 0. The summed E-state index contributed by atoms with van der Waals surface area (Å²) in [6, 6.07) is 0. The maximum atomic E-state index is 12.6. The molecule has 4 nitrogen and oxygen atoms in total. The summed E-state index contributed by atoms with van der Waals surface area (Å²) >= 11 is 1.51.